The Kier molecular flexibility index (Phi) is 6.56. The molecule has 29 heavy (non-hydrogen) atoms. The van der Waals surface area contributed by atoms with Crippen molar-refractivity contribution in [3.8, 4) is 5.75 Å². The van der Waals surface area contributed by atoms with E-state index >= 15 is 0 Å². The third-order valence-electron chi connectivity index (χ3n) is 5.09. The molecule has 1 atom stereocenters. The highest BCUT2D eigenvalue weighted by molar-refractivity contribution is 6.33. The van der Waals surface area contributed by atoms with Gasteiger partial charge < -0.3 is 15.0 Å². The maximum absolute atomic E-state index is 12.7. The van der Waals surface area contributed by atoms with Crippen LogP contribution >= 0.6 is 11.6 Å². The maximum atomic E-state index is 12.7. The summed E-state index contributed by atoms with van der Waals surface area (Å²) in [4.78, 5) is 27.4. The Labute approximate surface area is 174 Å². The molecule has 1 N–H and O–H groups in total. The number of para-hydroxylation sites is 2. The molecule has 9 heteroatoms. The van der Waals surface area contributed by atoms with Crippen molar-refractivity contribution in [2.24, 2.45) is 0 Å². The second-order valence-corrected chi connectivity index (χ2v) is 7.19. The number of benzene rings is 2. The normalized spacial score (nSPS) is 15.6. The number of halogens is 1. The molecule has 0 radical (unpaired) electrons. The van der Waals surface area contributed by atoms with E-state index in [-0.39, 0.29) is 22.3 Å². The molecular weight excluding hydrogens is 396 g/mol. The molecule has 0 bridgehead atoms. The first kappa shape index (κ1) is 20.9. The predicted octanol–water partition coefficient (Wildman–Crippen LogP) is 3.41. The fraction of sp³-hybridized carbons (Fsp3) is 0.350. The lowest BCUT2D eigenvalue weighted by atomic mass is 10.2. The number of amides is 1. The molecule has 1 aliphatic rings. The summed E-state index contributed by atoms with van der Waals surface area (Å²) in [5.74, 6) is 0.574. The van der Waals surface area contributed by atoms with Gasteiger partial charge in [-0.2, -0.15) is 0 Å². The van der Waals surface area contributed by atoms with Crippen LogP contribution in [0.1, 0.15) is 6.92 Å². The van der Waals surface area contributed by atoms with Crippen LogP contribution in [0.2, 0.25) is 5.02 Å². The molecule has 1 saturated heterocycles. The third-order valence-corrected chi connectivity index (χ3v) is 5.42. The Balaban J connectivity index is 1.62. The number of hydrogen-bond donors (Lipinski definition) is 1. The predicted molar refractivity (Wildman–Crippen MR) is 113 cm³/mol. The highest BCUT2D eigenvalue weighted by atomic mass is 35.5. The van der Waals surface area contributed by atoms with Crippen LogP contribution in [0.25, 0.3) is 0 Å². The largest absolute Gasteiger partial charge is 0.495 e. The number of hydrogen-bond acceptors (Lipinski definition) is 6. The van der Waals surface area contributed by atoms with E-state index in [0.29, 0.717) is 13.1 Å². The quantitative estimate of drug-likeness (QED) is 0.571. The van der Waals surface area contributed by atoms with Gasteiger partial charge in [0.15, 0.2) is 0 Å². The van der Waals surface area contributed by atoms with Crippen LogP contribution in [-0.4, -0.2) is 55.1 Å². The summed E-state index contributed by atoms with van der Waals surface area (Å²) in [6.45, 7) is 4.75. The molecule has 1 fully saturated rings. The van der Waals surface area contributed by atoms with Crippen molar-refractivity contribution in [3.05, 3.63) is 57.6 Å². The van der Waals surface area contributed by atoms with E-state index in [9.17, 15) is 14.9 Å². The van der Waals surface area contributed by atoms with Crippen molar-refractivity contribution < 1.29 is 14.5 Å². The first-order chi connectivity index (χ1) is 13.9. The zero-order chi connectivity index (χ0) is 21.0. The Hall–Kier alpha value is -2.84. The van der Waals surface area contributed by atoms with Gasteiger partial charge in [0.1, 0.15) is 5.75 Å². The molecule has 2 aromatic rings. The first-order valence-corrected chi connectivity index (χ1v) is 9.65. The van der Waals surface area contributed by atoms with E-state index in [2.05, 4.69) is 15.1 Å². The highest BCUT2D eigenvalue weighted by Gasteiger charge is 2.27. The minimum atomic E-state index is -0.521. The molecule has 0 aromatic heterocycles. The van der Waals surface area contributed by atoms with Crippen LogP contribution in [0.3, 0.4) is 0 Å². The van der Waals surface area contributed by atoms with E-state index in [4.69, 9.17) is 16.3 Å². The Morgan fingerprint density at radius 2 is 1.90 bits per heavy atom. The maximum Gasteiger partial charge on any atom is 0.271 e. The number of carbonyl (C=O) groups is 1. The van der Waals surface area contributed by atoms with E-state index in [1.54, 1.807) is 7.11 Å². The number of nitro groups is 1. The van der Waals surface area contributed by atoms with E-state index < -0.39 is 11.0 Å². The average molecular weight is 419 g/mol. The van der Waals surface area contributed by atoms with Crippen LogP contribution in [0.4, 0.5) is 17.1 Å². The Morgan fingerprint density at radius 1 is 1.21 bits per heavy atom. The molecule has 1 heterocycles. The molecular formula is C20H23ClN4O4. The molecule has 1 aliphatic heterocycles. The smallest absolute Gasteiger partial charge is 0.271 e. The van der Waals surface area contributed by atoms with E-state index in [1.807, 2.05) is 31.2 Å². The molecule has 154 valence electrons. The zero-order valence-electron chi connectivity index (χ0n) is 16.3. The molecule has 3 rings (SSSR count). The van der Waals surface area contributed by atoms with Gasteiger partial charge in [0, 0.05) is 38.3 Å². The molecule has 2 aromatic carbocycles. The number of anilines is 2. The standard InChI is InChI=1S/C20H23ClN4O4/c1-14(20(26)22-17-13-15(25(27)28)7-8-16(17)21)23-9-11-24(12-10-23)18-5-3-4-6-19(18)29-2/h3-8,13-14H,9-12H2,1-2H3,(H,22,26). The molecule has 1 unspecified atom stereocenters. The van der Waals surface area contributed by atoms with Crippen molar-refractivity contribution in [1.82, 2.24) is 4.90 Å². The van der Waals surface area contributed by atoms with Gasteiger partial charge in [-0.05, 0) is 25.1 Å². The highest BCUT2D eigenvalue weighted by Crippen LogP contribution is 2.29. The fourth-order valence-electron chi connectivity index (χ4n) is 3.37. The number of nitrogens with one attached hydrogen (secondary N) is 1. The summed E-state index contributed by atoms with van der Waals surface area (Å²) in [6, 6.07) is 11.4. The molecule has 0 saturated carbocycles. The minimum Gasteiger partial charge on any atom is -0.495 e. The van der Waals surface area contributed by atoms with Gasteiger partial charge >= 0.3 is 0 Å². The zero-order valence-corrected chi connectivity index (χ0v) is 17.1. The van der Waals surface area contributed by atoms with E-state index in [1.165, 1.54) is 18.2 Å². The lowest BCUT2D eigenvalue weighted by Crippen LogP contribution is -2.52. The molecule has 1 amide bonds. The molecule has 0 spiro atoms. The topological polar surface area (TPSA) is 88.0 Å². The van der Waals surface area contributed by atoms with Gasteiger partial charge in [-0.1, -0.05) is 23.7 Å². The van der Waals surface area contributed by atoms with Crippen molar-refractivity contribution in [2.45, 2.75) is 13.0 Å². The lowest BCUT2D eigenvalue weighted by Gasteiger charge is -2.38. The number of methoxy groups -OCH3 is 1. The summed E-state index contributed by atoms with van der Waals surface area (Å²) >= 11 is 6.08. The number of carbonyl (C=O) groups excluding carboxylic acids is 1. The molecule has 8 nitrogen and oxygen atoms in total. The van der Waals surface area contributed by atoms with Crippen LogP contribution in [0.15, 0.2) is 42.5 Å². The van der Waals surface area contributed by atoms with Crippen LogP contribution in [0, 0.1) is 10.1 Å². The second kappa shape index (κ2) is 9.11. The lowest BCUT2D eigenvalue weighted by molar-refractivity contribution is -0.384. The fourth-order valence-corrected chi connectivity index (χ4v) is 3.53. The van der Waals surface area contributed by atoms with Crippen LogP contribution < -0.4 is 15.0 Å². The minimum absolute atomic E-state index is 0.122. The number of nitro benzene ring substituents is 1. The van der Waals surface area contributed by atoms with Gasteiger partial charge in [0.05, 0.1) is 34.5 Å². The Morgan fingerprint density at radius 3 is 2.55 bits per heavy atom. The van der Waals surface area contributed by atoms with Crippen molar-refractivity contribution >= 4 is 34.6 Å². The van der Waals surface area contributed by atoms with Crippen molar-refractivity contribution in [3.63, 3.8) is 0 Å². The van der Waals surface area contributed by atoms with Gasteiger partial charge in [-0.15, -0.1) is 0 Å². The second-order valence-electron chi connectivity index (χ2n) is 6.78. The van der Waals surface area contributed by atoms with Crippen LogP contribution in [-0.2, 0) is 4.79 Å². The number of non-ortho nitro benzene ring substituents is 1. The summed E-state index contributed by atoms with van der Waals surface area (Å²) in [7, 11) is 1.65. The SMILES string of the molecule is COc1ccccc1N1CCN(C(C)C(=O)Nc2cc([N+](=O)[O-])ccc2Cl)CC1. The summed E-state index contributed by atoms with van der Waals surface area (Å²) in [5, 5.41) is 13.9. The number of rotatable bonds is 6. The monoisotopic (exact) mass is 418 g/mol. The Bertz CT molecular complexity index is 900. The summed E-state index contributed by atoms with van der Waals surface area (Å²) in [5.41, 5.74) is 1.16. The summed E-state index contributed by atoms with van der Waals surface area (Å²) in [6.07, 6.45) is 0. The molecule has 0 aliphatic carbocycles. The summed E-state index contributed by atoms with van der Waals surface area (Å²) < 4.78 is 5.44. The first-order valence-electron chi connectivity index (χ1n) is 9.27. The van der Waals surface area contributed by atoms with Crippen molar-refractivity contribution in [1.29, 1.82) is 0 Å². The van der Waals surface area contributed by atoms with E-state index in [0.717, 1.165) is 24.5 Å². The van der Waals surface area contributed by atoms with Gasteiger partial charge in [0.25, 0.3) is 5.69 Å². The third kappa shape index (κ3) is 4.78. The number of nitrogens with zero attached hydrogens (tertiary/aromatic N) is 3. The van der Waals surface area contributed by atoms with Gasteiger partial charge in [-0.3, -0.25) is 19.8 Å². The number of ether oxygens (including phenoxy) is 1. The van der Waals surface area contributed by atoms with Crippen LogP contribution in [0.5, 0.6) is 5.75 Å². The van der Waals surface area contributed by atoms with Crippen molar-refractivity contribution in [2.75, 3.05) is 43.5 Å². The van der Waals surface area contributed by atoms with Gasteiger partial charge in [-0.25, -0.2) is 0 Å². The average Bonchev–Trinajstić information content (AvgIpc) is 2.74. The number of piperazine rings is 1. The van der Waals surface area contributed by atoms with Gasteiger partial charge in [0.2, 0.25) is 5.91 Å².